The summed E-state index contributed by atoms with van der Waals surface area (Å²) in [6.07, 6.45) is 0.797. The van der Waals surface area contributed by atoms with Gasteiger partial charge in [0, 0.05) is 24.7 Å². The van der Waals surface area contributed by atoms with Gasteiger partial charge in [-0.1, -0.05) is 11.6 Å². The van der Waals surface area contributed by atoms with Gasteiger partial charge in [0.1, 0.15) is 5.75 Å². The van der Waals surface area contributed by atoms with Crippen molar-refractivity contribution in [1.82, 2.24) is 4.31 Å². The second-order valence-electron chi connectivity index (χ2n) is 7.26. The Morgan fingerprint density at radius 2 is 1.78 bits per heavy atom. The number of benzene rings is 2. The van der Waals surface area contributed by atoms with Crippen LogP contribution >= 0.6 is 11.6 Å². The van der Waals surface area contributed by atoms with Crippen LogP contribution < -0.4 is 10.1 Å². The number of esters is 1. The zero-order valence-electron chi connectivity index (χ0n) is 17.8. The molecule has 1 N–H and O–H groups in total. The number of hydrogen-bond acceptors (Lipinski definition) is 6. The summed E-state index contributed by atoms with van der Waals surface area (Å²) in [6.45, 7) is 2.48. The molecule has 3 rings (SSSR count). The number of nitrogens with zero attached hydrogens (tertiary/aromatic N) is 1. The normalized spacial score (nSPS) is 15.2. The van der Waals surface area contributed by atoms with Crippen molar-refractivity contribution in [2.45, 2.75) is 24.7 Å². The molecule has 8 nitrogen and oxygen atoms in total. The van der Waals surface area contributed by atoms with E-state index in [1.807, 2.05) is 0 Å². The molecular formula is C22H25ClN2O6S. The van der Waals surface area contributed by atoms with Gasteiger partial charge < -0.3 is 14.8 Å². The highest BCUT2D eigenvalue weighted by atomic mass is 35.5. The lowest BCUT2D eigenvalue weighted by molar-refractivity contribution is -0.120. The van der Waals surface area contributed by atoms with Crippen LogP contribution in [0.4, 0.5) is 5.69 Å². The predicted octanol–water partition coefficient (Wildman–Crippen LogP) is 3.56. The number of piperidine rings is 1. The van der Waals surface area contributed by atoms with Gasteiger partial charge in [-0.25, -0.2) is 13.2 Å². The third kappa shape index (κ3) is 5.40. The summed E-state index contributed by atoms with van der Waals surface area (Å²) in [5.41, 5.74) is 0.966. The van der Waals surface area contributed by atoms with Gasteiger partial charge in [-0.15, -0.1) is 0 Å². The van der Waals surface area contributed by atoms with E-state index in [1.54, 1.807) is 31.2 Å². The molecular weight excluding hydrogens is 456 g/mol. The number of carbonyl (C=O) groups excluding carboxylic acids is 2. The molecule has 0 unspecified atom stereocenters. The first kappa shape index (κ1) is 24.0. The molecule has 32 heavy (non-hydrogen) atoms. The van der Waals surface area contributed by atoms with E-state index in [0.29, 0.717) is 29.8 Å². The standard InChI is InChI=1S/C22H25ClN2O6S/c1-3-31-22(27)16-4-6-17(7-5-16)24-21(26)15-10-12-25(13-11-15)32(28,29)18-8-9-20(30-2)19(23)14-18/h4-9,14-15H,3,10-13H2,1-2H3,(H,24,26). The van der Waals surface area contributed by atoms with E-state index >= 15 is 0 Å². The van der Waals surface area contributed by atoms with Gasteiger partial charge in [0.25, 0.3) is 0 Å². The first-order chi connectivity index (χ1) is 15.3. The molecule has 0 bridgehead atoms. The Labute approximate surface area is 192 Å². The van der Waals surface area contributed by atoms with Crippen LogP contribution in [0, 0.1) is 5.92 Å². The molecule has 0 aromatic heterocycles. The number of hydrogen-bond donors (Lipinski definition) is 1. The van der Waals surface area contributed by atoms with Gasteiger partial charge in [-0.2, -0.15) is 4.31 Å². The topological polar surface area (TPSA) is 102 Å². The molecule has 1 amide bonds. The monoisotopic (exact) mass is 480 g/mol. The van der Waals surface area contributed by atoms with Gasteiger partial charge in [0.15, 0.2) is 0 Å². The Hall–Kier alpha value is -2.62. The minimum Gasteiger partial charge on any atom is -0.495 e. The van der Waals surface area contributed by atoms with Crippen LogP contribution in [0.25, 0.3) is 0 Å². The van der Waals surface area contributed by atoms with Gasteiger partial charge >= 0.3 is 5.97 Å². The fourth-order valence-corrected chi connectivity index (χ4v) is 5.28. The fraction of sp³-hybridized carbons (Fsp3) is 0.364. The highest BCUT2D eigenvalue weighted by Gasteiger charge is 2.32. The molecule has 0 atom stereocenters. The quantitative estimate of drug-likeness (QED) is 0.608. The molecule has 2 aromatic rings. The molecule has 0 radical (unpaired) electrons. The number of sulfonamides is 1. The summed E-state index contributed by atoms with van der Waals surface area (Å²) in [5, 5.41) is 3.04. The number of anilines is 1. The van der Waals surface area contributed by atoms with Crippen LogP contribution in [0.3, 0.4) is 0 Å². The summed E-state index contributed by atoms with van der Waals surface area (Å²) >= 11 is 6.07. The van der Waals surface area contributed by atoms with E-state index in [2.05, 4.69) is 5.32 Å². The zero-order chi connectivity index (χ0) is 23.3. The maximum atomic E-state index is 12.9. The van der Waals surface area contributed by atoms with Crippen LogP contribution in [0.1, 0.15) is 30.1 Å². The number of methoxy groups -OCH3 is 1. The summed E-state index contributed by atoms with van der Waals surface area (Å²) in [4.78, 5) is 24.4. The molecule has 1 aliphatic rings. The minimum absolute atomic E-state index is 0.0906. The molecule has 0 spiro atoms. The molecule has 1 aliphatic heterocycles. The van der Waals surface area contributed by atoms with Crippen molar-refractivity contribution in [2.24, 2.45) is 5.92 Å². The predicted molar refractivity (Wildman–Crippen MR) is 121 cm³/mol. The first-order valence-corrected chi connectivity index (χ1v) is 12.0. The number of rotatable bonds is 7. The molecule has 0 saturated carbocycles. The summed E-state index contributed by atoms with van der Waals surface area (Å²) in [5.74, 6) is -0.516. The maximum Gasteiger partial charge on any atom is 0.338 e. The number of carbonyl (C=O) groups is 2. The van der Waals surface area contributed by atoms with Crippen LogP contribution in [0.15, 0.2) is 47.4 Å². The highest BCUT2D eigenvalue weighted by Crippen LogP contribution is 2.30. The van der Waals surface area contributed by atoms with E-state index in [0.717, 1.165) is 0 Å². The van der Waals surface area contributed by atoms with Crippen LogP contribution in [0.2, 0.25) is 5.02 Å². The molecule has 172 valence electrons. The molecule has 2 aromatic carbocycles. The Morgan fingerprint density at radius 3 is 2.34 bits per heavy atom. The third-order valence-corrected chi connectivity index (χ3v) is 7.44. The van der Waals surface area contributed by atoms with Crippen LogP contribution in [0.5, 0.6) is 5.75 Å². The molecule has 1 heterocycles. The van der Waals surface area contributed by atoms with E-state index in [9.17, 15) is 18.0 Å². The molecule has 1 saturated heterocycles. The second kappa shape index (κ2) is 10.3. The lowest BCUT2D eigenvalue weighted by atomic mass is 9.97. The largest absolute Gasteiger partial charge is 0.495 e. The highest BCUT2D eigenvalue weighted by molar-refractivity contribution is 7.89. The third-order valence-electron chi connectivity index (χ3n) is 5.25. The lowest BCUT2D eigenvalue weighted by Crippen LogP contribution is -2.41. The Morgan fingerprint density at radius 1 is 1.12 bits per heavy atom. The van der Waals surface area contributed by atoms with Gasteiger partial charge in [0.2, 0.25) is 15.9 Å². The van der Waals surface area contributed by atoms with Crippen molar-refractivity contribution in [2.75, 3.05) is 32.1 Å². The Kier molecular flexibility index (Phi) is 7.76. The van der Waals surface area contributed by atoms with Crippen molar-refractivity contribution < 1.29 is 27.5 Å². The summed E-state index contributed by atoms with van der Waals surface area (Å²) < 4.78 is 37.2. The van der Waals surface area contributed by atoms with E-state index in [-0.39, 0.29) is 41.4 Å². The van der Waals surface area contributed by atoms with E-state index in [1.165, 1.54) is 29.6 Å². The van der Waals surface area contributed by atoms with Crippen molar-refractivity contribution in [1.29, 1.82) is 0 Å². The van der Waals surface area contributed by atoms with Crippen LogP contribution in [-0.2, 0) is 19.6 Å². The van der Waals surface area contributed by atoms with Gasteiger partial charge in [-0.05, 0) is 62.2 Å². The SMILES string of the molecule is CCOC(=O)c1ccc(NC(=O)C2CCN(S(=O)(=O)c3ccc(OC)c(Cl)c3)CC2)cc1. The van der Waals surface area contributed by atoms with Gasteiger partial charge in [-0.3, -0.25) is 4.79 Å². The number of halogens is 1. The van der Waals surface area contributed by atoms with Crippen molar-refractivity contribution in [3.63, 3.8) is 0 Å². The first-order valence-electron chi connectivity index (χ1n) is 10.2. The lowest BCUT2D eigenvalue weighted by Gasteiger charge is -2.30. The van der Waals surface area contributed by atoms with Crippen molar-refractivity contribution in [3.8, 4) is 5.75 Å². The Bertz CT molecular complexity index is 1080. The molecule has 0 aliphatic carbocycles. The number of ether oxygens (including phenoxy) is 2. The molecule has 1 fully saturated rings. The smallest absolute Gasteiger partial charge is 0.338 e. The maximum absolute atomic E-state index is 12.9. The summed E-state index contributed by atoms with van der Waals surface area (Å²) in [6, 6.07) is 10.8. The average molecular weight is 481 g/mol. The number of nitrogens with one attached hydrogen (secondary N) is 1. The van der Waals surface area contributed by atoms with Gasteiger partial charge in [0.05, 0.1) is 29.2 Å². The minimum atomic E-state index is -3.72. The van der Waals surface area contributed by atoms with Crippen LogP contribution in [-0.4, -0.2) is 51.4 Å². The average Bonchev–Trinajstić information content (AvgIpc) is 2.79. The number of amides is 1. The molecule has 10 heteroatoms. The summed E-state index contributed by atoms with van der Waals surface area (Å²) in [7, 11) is -2.26. The Balaban J connectivity index is 1.58. The van der Waals surface area contributed by atoms with E-state index < -0.39 is 16.0 Å². The fourth-order valence-electron chi connectivity index (χ4n) is 3.46. The zero-order valence-corrected chi connectivity index (χ0v) is 19.4. The van der Waals surface area contributed by atoms with Crippen molar-refractivity contribution in [3.05, 3.63) is 53.1 Å². The second-order valence-corrected chi connectivity index (χ2v) is 9.61. The van der Waals surface area contributed by atoms with Crippen molar-refractivity contribution >= 4 is 39.2 Å². The van der Waals surface area contributed by atoms with E-state index in [4.69, 9.17) is 21.1 Å².